The monoisotopic (exact) mass is 516 g/mol. The second-order valence-electron chi connectivity index (χ2n) is 8.87. The quantitative estimate of drug-likeness (QED) is 0.192. The van der Waals surface area contributed by atoms with Crippen molar-refractivity contribution in [1.82, 2.24) is 15.0 Å². The number of oxime groups is 1. The van der Waals surface area contributed by atoms with E-state index in [1.807, 2.05) is 66.4 Å². The summed E-state index contributed by atoms with van der Waals surface area (Å²) < 4.78 is 5.50. The molecule has 1 aliphatic rings. The molecule has 0 unspecified atom stereocenters. The first kappa shape index (κ1) is 25.9. The summed E-state index contributed by atoms with van der Waals surface area (Å²) in [7, 11) is 0. The van der Waals surface area contributed by atoms with Gasteiger partial charge in [0.25, 0.3) is 0 Å². The van der Waals surface area contributed by atoms with Gasteiger partial charge >= 0.3 is 0 Å². The van der Waals surface area contributed by atoms with Crippen molar-refractivity contribution in [3.8, 4) is 22.5 Å². The number of rotatable bonds is 7. The molecule has 1 aromatic heterocycles. The number of nitrogens with two attached hydrogens (primary N) is 1. The van der Waals surface area contributed by atoms with Gasteiger partial charge < -0.3 is 20.0 Å². The summed E-state index contributed by atoms with van der Waals surface area (Å²) in [6, 6.07) is 26.4. The molecule has 9 heteroatoms. The van der Waals surface area contributed by atoms with Crippen LogP contribution in [0.15, 0.2) is 88.5 Å². The molecule has 0 spiro atoms. The van der Waals surface area contributed by atoms with Gasteiger partial charge in [-0.15, -0.1) is 12.4 Å². The molecular formula is C28H29ClN6O2. The molecule has 8 nitrogen and oxygen atoms in total. The van der Waals surface area contributed by atoms with Crippen molar-refractivity contribution in [2.75, 3.05) is 13.1 Å². The highest BCUT2D eigenvalue weighted by molar-refractivity contribution is 5.98. The van der Waals surface area contributed by atoms with E-state index in [1.165, 1.54) is 5.56 Å². The van der Waals surface area contributed by atoms with Gasteiger partial charge in [0.2, 0.25) is 11.7 Å². The summed E-state index contributed by atoms with van der Waals surface area (Å²) in [4.78, 5) is 12.0. The number of likely N-dealkylation sites (tertiary alicyclic amines) is 1. The van der Waals surface area contributed by atoms with Crippen molar-refractivity contribution in [3.63, 3.8) is 0 Å². The molecular weight excluding hydrogens is 488 g/mol. The summed E-state index contributed by atoms with van der Waals surface area (Å²) in [5.41, 5.74) is 11.6. The lowest BCUT2D eigenvalue weighted by atomic mass is 10.0. The maximum atomic E-state index is 7.58. The number of halogens is 1. The van der Waals surface area contributed by atoms with Crippen LogP contribution in [0.2, 0.25) is 0 Å². The predicted octanol–water partition coefficient (Wildman–Crippen LogP) is 5.45. The first-order valence-electron chi connectivity index (χ1n) is 11.9. The van der Waals surface area contributed by atoms with Gasteiger partial charge in [-0.05, 0) is 41.7 Å². The summed E-state index contributed by atoms with van der Waals surface area (Å²) in [6.45, 7) is 3.67. The van der Waals surface area contributed by atoms with Crippen molar-refractivity contribution in [3.05, 3.63) is 95.9 Å². The largest absolute Gasteiger partial charge is 0.391 e. The van der Waals surface area contributed by atoms with E-state index in [0.29, 0.717) is 24.9 Å². The highest BCUT2D eigenvalue weighted by atomic mass is 35.5. The average molecular weight is 517 g/mol. The van der Waals surface area contributed by atoms with Gasteiger partial charge in [-0.3, -0.25) is 5.41 Å². The van der Waals surface area contributed by atoms with Gasteiger partial charge in [0, 0.05) is 18.7 Å². The normalized spacial score (nSPS) is 15.3. The minimum atomic E-state index is 0. The van der Waals surface area contributed by atoms with Crippen LogP contribution in [0.3, 0.4) is 0 Å². The Hall–Kier alpha value is -4.17. The highest BCUT2D eigenvalue weighted by Gasteiger charge is 2.29. The highest BCUT2D eigenvalue weighted by Crippen LogP contribution is 2.27. The topological polar surface area (TPSA) is 114 Å². The van der Waals surface area contributed by atoms with Crippen LogP contribution in [0, 0.1) is 5.41 Å². The van der Waals surface area contributed by atoms with Crippen LogP contribution in [-0.4, -0.2) is 39.8 Å². The molecule has 3 aromatic carbocycles. The molecule has 190 valence electrons. The van der Waals surface area contributed by atoms with Gasteiger partial charge in [0.1, 0.15) is 6.61 Å². The zero-order valence-electron chi connectivity index (χ0n) is 20.5. The molecule has 2 heterocycles. The number of hydrogen-bond acceptors (Lipinski definition) is 6. The van der Waals surface area contributed by atoms with Crippen molar-refractivity contribution >= 4 is 24.1 Å². The molecule has 4 aromatic rings. The lowest BCUT2D eigenvalue weighted by molar-refractivity contribution is 0.130. The second-order valence-corrected chi connectivity index (χ2v) is 8.87. The lowest BCUT2D eigenvalue weighted by Gasteiger charge is -2.14. The third kappa shape index (κ3) is 6.16. The molecule has 0 amide bonds. The fourth-order valence-electron chi connectivity index (χ4n) is 4.29. The van der Waals surface area contributed by atoms with Crippen molar-refractivity contribution < 1.29 is 9.36 Å². The van der Waals surface area contributed by atoms with Gasteiger partial charge in [-0.25, -0.2) is 0 Å². The Kier molecular flexibility index (Phi) is 8.20. The van der Waals surface area contributed by atoms with E-state index in [2.05, 4.69) is 39.6 Å². The third-order valence-corrected chi connectivity index (χ3v) is 6.35. The SMILES string of the molecule is CC(=NOCc1cccc(-c2ccccc2)c1)c1ccc(-c2noc([C@@H]3CCN(C(=N)N)C3)n2)cc1.Cl. The van der Waals surface area contributed by atoms with E-state index in [0.717, 1.165) is 40.9 Å². The van der Waals surface area contributed by atoms with E-state index < -0.39 is 0 Å². The predicted molar refractivity (Wildman–Crippen MR) is 147 cm³/mol. The zero-order valence-corrected chi connectivity index (χ0v) is 21.3. The number of benzene rings is 3. The molecule has 5 rings (SSSR count). The van der Waals surface area contributed by atoms with Crippen LogP contribution in [0.4, 0.5) is 0 Å². The fraction of sp³-hybridized carbons (Fsp3) is 0.214. The molecule has 1 atom stereocenters. The van der Waals surface area contributed by atoms with E-state index in [-0.39, 0.29) is 24.3 Å². The number of nitrogens with one attached hydrogen (secondary N) is 1. The Labute approximate surface area is 222 Å². The molecule has 0 bridgehead atoms. The van der Waals surface area contributed by atoms with Gasteiger partial charge in [-0.2, -0.15) is 4.98 Å². The Bertz CT molecular complexity index is 1370. The summed E-state index contributed by atoms with van der Waals surface area (Å²) in [5.74, 6) is 1.30. The van der Waals surface area contributed by atoms with Gasteiger partial charge in [0.15, 0.2) is 5.96 Å². The molecule has 3 N–H and O–H groups in total. The lowest BCUT2D eigenvalue weighted by Crippen LogP contribution is -2.34. The Morgan fingerprint density at radius 2 is 1.81 bits per heavy atom. The van der Waals surface area contributed by atoms with Crippen molar-refractivity contribution in [2.24, 2.45) is 10.9 Å². The number of guanidine groups is 1. The standard InChI is InChI=1S/C28H28N6O2.ClH/c1-19(32-35-18-20-6-5-9-24(16-20)22-7-3-2-4-8-22)21-10-12-23(13-11-21)26-31-27(36-33-26)25-14-15-34(17-25)28(29)30;/h2-13,16,25H,14-15,17-18H2,1H3,(H3,29,30);1H/t25-;/m1./s1. The first-order valence-corrected chi connectivity index (χ1v) is 11.9. The minimum absolute atomic E-state index is 0. The van der Waals surface area contributed by atoms with Crippen LogP contribution >= 0.6 is 12.4 Å². The number of aromatic nitrogens is 2. The minimum Gasteiger partial charge on any atom is -0.391 e. The van der Waals surface area contributed by atoms with Crippen LogP contribution < -0.4 is 5.73 Å². The van der Waals surface area contributed by atoms with Crippen molar-refractivity contribution in [2.45, 2.75) is 25.9 Å². The number of nitrogens with zero attached hydrogens (tertiary/aromatic N) is 4. The van der Waals surface area contributed by atoms with Crippen LogP contribution in [0.5, 0.6) is 0 Å². The van der Waals surface area contributed by atoms with Crippen LogP contribution in [0.25, 0.3) is 22.5 Å². The second kappa shape index (κ2) is 11.7. The van der Waals surface area contributed by atoms with Crippen molar-refractivity contribution in [1.29, 1.82) is 5.41 Å². The molecule has 37 heavy (non-hydrogen) atoms. The van der Waals surface area contributed by atoms with Gasteiger partial charge in [0.05, 0.1) is 11.6 Å². The average Bonchev–Trinajstić information content (AvgIpc) is 3.60. The summed E-state index contributed by atoms with van der Waals surface area (Å²) in [5, 5.41) is 16.0. The summed E-state index contributed by atoms with van der Waals surface area (Å²) >= 11 is 0. The van der Waals surface area contributed by atoms with Gasteiger partial charge in [-0.1, -0.05) is 83.1 Å². The molecule has 0 saturated carbocycles. The molecule has 1 saturated heterocycles. The van der Waals surface area contributed by atoms with E-state index in [4.69, 9.17) is 20.5 Å². The van der Waals surface area contributed by atoms with E-state index in [9.17, 15) is 0 Å². The maximum Gasteiger partial charge on any atom is 0.231 e. The molecule has 0 aliphatic carbocycles. The Morgan fingerprint density at radius 1 is 1.05 bits per heavy atom. The maximum absolute atomic E-state index is 7.58. The fourth-order valence-corrected chi connectivity index (χ4v) is 4.29. The Balaban J connectivity index is 0.00000320. The Morgan fingerprint density at radius 3 is 2.54 bits per heavy atom. The zero-order chi connectivity index (χ0) is 24.9. The molecule has 0 radical (unpaired) electrons. The summed E-state index contributed by atoms with van der Waals surface area (Å²) in [6.07, 6.45) is 0.840. The number of hydrogen-bond donors (Lipinski definition) is 2. The smallest absolute Gasteiger partial charge is 0.231 e. The van der Waals surface area contributed by atoms with Crippen LogP contribution in [0.1, 0.15) is 36.3 Å². The molecule has 1 aliphatic heterocycles. The van der Waals surface area contributed by atoms with E-state index in [1.54, 1.807) is 0 Å². The van der Waals surface area contributed by atoms with Crippen LogP contribution in [-0.2, 0) is 11.4 Å². The first-order chi connectivity index (χ1) is 17.6. The van der Waals surface area contributed by atoms with E-state index >= 15 is 0 Å². The third-order valence-electron chi connectivity index (χ3n) is 6.35. The molecule has 1 fully saturated rings.